The lowest BCUT2D eigenvalue weighted by atomic mass is 10.2. The fraction of sp³-hybridized carbons (Fsp3) is 0.533. The minimum atomic E-state index is -0.827. The minimum Gasteiger partial charge on any atom is -0.467 e. The van der Waals surface area contributed by atoms with Gasteiger partial charge < -0.3 is 19.4 Å². The van der Waals surface area contributed by atoms with Crippen LogP contribution in [0, 0.1) is 0 Å². The van der Waals surface area contributed by atoms with Crippen LogP contribution in [0.1, 0.15) is 49.8 Å². The van der Waals surface area contributed by atoms with Crippen molar-refractivity contribution in [2.24, 2.45) is 0 Å². The highest BCUT2D eigenvalue weighted by Crippen LogP contribution is 2.11. The van der Waals surface area contributed by atoms with E-state index in [4.69, 9.17) is 8.94 Å². The number of hydrogen-bond acceptors (Lipinski definition) is 6. The molecule has 7 heteroatoms. The molecular formula is C15H21N3O4. The predicted octanol–water partition coefficient (Wildman–Crippen LogP) is 1.79. The Kier molecular flexibility index (Phi) is 6.14. The normalized spacial score (nSPS) is 12.3. The number of nitrogens with zero attached hydrogens (tertiary/aromatic N) is 2. The molecule has 2 aromatic heterocycles. The first-order valence-corrected chi connectivity index (χ1v) is 7.48. The molecule has 2 N–H and O–H groups in total. The summed E-state index contributed by atoms with van der Waals surface area (Å²) in [4.78, 5) is 15.9. The predicted molar refractivity (Wildman–Crippen MR) is 77.9 cm³/mol. The number of nitrogens with one attached hydrogen (secondary N) is 1. The molecule has 1 atom stereocenters. The van der Waals surface area contributed by atoms with Gasteiger partial charge >= 0.3 is 0 Å². The maximum atomic E-state index is 11.7. The summed E-state index contributed by atoms with van der Waals surface area (Å²) in [5, 5.41) is 16.3. The molecule has 0 fully saturated rings. The highest BCUT2D eigenvalue weighted by atomic mass is 16.5. The summed E-state index contributed by atoms with van der Waals surface area (Å²) in [5.74, 6) is 1.59. The van der Waals surface area contributed by atoms with Crippen molar-refractivity contribution in [1.82, 2.24) is 15.5 Å². The lowest BCUT2D eigenvalue weighted by Gasteiger charge is -2.09. The quantitative estimate of drug-likeness (QED) is 0.732. The van der Waals surface area contributed by atoms with Gasteiger partial charge in [-0.25, -0.2) is 0 Å². The second-order valence-electron chi connectivity index (χ2n) is 5.04. The highest BCUT2D eigenvalue weighted by Gasteiger charge is 2.12. The fourth-order valence-corrected chi connectivity index (χ4v) is 2.00. The zero-order valence-corrected chi connectivity index (χ0v) is 12.6. The summed E-state index contributed by atoms with van der Waals surface area (Å²) >= 11 is 0. The molecule has 1 amide bonds. The van der Waals surface area contributed by atoms with Crippen molar-refractivity contribution in [1.29, 1.82) is 0 Å². The van der Waals surface area contributed by atoms with Crippen LogP contribution < -0.4 is 5.32 Å². The van der Waals surface area contributed by atoms with Gasteiger partial charge in [0.05, 0.1) is 12.8 Å². The van der Waals surface area contributed by atoms with E-state index >= 15 is 0 Å². The number of aliphatic hydroxyl groups excluding tert-OH is 1. The molecule has 0 saturated carbocycles. The molecular weight excluding hydrogens is 286 g/mol. The van der Waals surface area contributed by atoms with Crippen LogP contribution in [0.2, 0.25) is 0 Å². The Labute approximate surface area is 128 Å². The third-order valence-electron chi connectivity index (χ3n) is 3.14. The molecule has 7 nitrogen and oxygen atoms in total. The Morgan fingerprint density at radius 1 is 1.45 bits per heavy atom. The second-order valence-corrected chi connectivity index (χ2v) is 5.04. The van der Waals surface area contributed by atoms with Crippen LogP contribution in [0.5, 0.6) is 0 Å². The monoisotopic (exact) mass is 307 g/mol. The average Bonchev–Trinajstić information content (AvgIpc) is 3.17. The average molecular weight is 307 g/mol. The number of rotatable bonds is 9. The Morgan fingerprint density at radius 2 is 2.32 bits per heavy atom. The van der Waals surface area contributed by atoms with E-state index in [-0.39, 0.29) is 12.5 Å². The summed E-state index contributed by atoms with van der Waals surface area (Å²) in [5.41, 5.74) is 0. The summed E-state index contributed by atoms with van der Waals surface area (Å²) in [6.07, 6.45) is 3.97. The Bertz CT molecular complexity index is 565. The Morgan fingerprint density at radius 3 is 3.05 bits per heavy atom. The zero-order chi connectivity index (χ0) is 15.8. The van der Waals surface area contributed by atoms with Crippen molar-refractivity contribution < 1.29 is 18.8 Å². The molecule has 2 aromatic rings. The third kappa shape index (κ3) is 5.00. The lowest BCUT2D eigenvalue weighted by Crippen LogP contribution is -2.28. The second kappa shape index (κ2) is 8.33. The van der Waals surface area contributed by atoms with Gasteiger partial charge in [-0.05, 0) is 25.0 Å². The molecule has 0 aliphatic carbocycles. The fourth-order valence-electron chi connectivity index (χ4n) is 2.00. The maximum absolute atomic E-state index is 11.7. The van der Waals surface area contributed by atoms with Gasteiger partial charge in [-0.15, -0.1) is 0 Å². The zero-order valence-electron chi connectivity index (χ0n) is 12.6. The number of carbonyl (C=O) groups excluding carboxylic acids is 1. The van der Waals surface area contributed by atoms with Gasteiger partial charge in [0.1, 0.15) is 11.9 Å². The van der Waals surface area contributed by atoms with Gasteiger partial charge in [0, 0.05) is 19.3 Å². The van der Waals surface area contributed by atoms with Gasteiger partial charge in [-0.1, -0.05) is 12.1 Å². The Balaban J connectivity index is 1.63. The number of carbonyl (C=O) groups is 1. The van der Waals surface area contributed by atoms with Crippen LogP contribution in [-0.2, 0) is 17.6 Å². The molecule has 0 saturated heterocycles. The van der Waals surface area contributed by atoms with Crippen LogP contribution >= 0.6 is 0 Å². The minimum absolute atomic E-state index is 0.126. The van der Waals surface area contributed by atoms with Gasteiger partial charge in [0.25, 0.3) is 0 Å². The van der Waals surface area contributed by atoms with E-state index in [0.29, 0.717) is 36.7 Å². The van der Waals surface area contributed by atoms with Gasteiger partial charge in [-0.3, -0.25) is 4.79 Å². The van der Waals surface area contributed by atoms with Gasteiger partial charge in [0.2, 0.25) is 11.8 Å². The van der Waals surface area contributed by atoms with Gasteiger partial charge in [-0.2, -0.15) is 4.98 Å². The molecule has 0 bridgehead atoms. The summed E-state index contributed by atoms with van der Waals surface area (Å²) < 4.78 is 10.2. The lowest BCUT2D eigenvalue weighted by molar-refractivity contribution is -0.121. The van der Waals surface area contributed by atoms with Crippen LogP contribution in [0.3, 0.4) is 0 Å². The number of hydrogen-bond donors (Lipinski definition) is 2. The Hall–Kier alpha value is -2.15. The SMILES string of the molecule is CCCc1noc(CCCC(=O)NCC(O)c2ccco2)n1. The first-order chi connectivity index (χ1) is 10.7. The van der Waals surface area contributed by atoms with E-state index < -0.39 is 6.10 Å². The number of aliphatic hydroxyl groups is 1. The van der Waals surface area contributed by atoms with Crippen molar-refractivity contribution in [3.05, 3.63) is 35.9 Å². The van der Waals surface area contributed by atoms with Crippen LogP contribution in [0.15, 0.2) is 27.3 Å². The number of aromatic nitrogens is 2. The van der Waals surface area contributed by atoms with E-state index in [1.807, 2.05) is 0 Å². The third-order valence-corrected chi connectivity index (χ3v) is 3.14. The largest absolute Gasteiger partial charge is 0.467 e. The molecule has 0 spiro atoms. The summed E-state index contributed by atoms with van der Waals surface area (Å²) in [7, 11) is 0. The van der Waals surface area contributed by atoms with E-state index in [2.05, 4.69) is 22.4 Å². The van der Waals surface area contributed by atoms with E-state index in [0.717, 1.165) is 12.8 Å². The first kappa shape index (κ1) is 16.2. The van der Waals surface area contributed by atoms with Crippen molar-refractivity contribution in [2.45, 2.75) is 45.1 Å². The summed E-state index contributed by atoms with van der Waals surface area (Å²) in [6.45, 7) is 2.19. The molecule has 22 heavy (non-hydrogen) atoms. The highest BCUT2D eigenvalue weighted by molar-refractivity contribution is 5.75. The van der Waals surface area contributed by atoms with E-state index in [1.54, 1.807) is 12.1 Å². The van der Waals surface area contributed by atoms with Crippen molar-refractivity contribution >= 4 is 5.91 Å². The first-order valence-electron chi connectivity index (χ1n) is 7.48. The smallest absolute Gasteiger partial charge is 0.226 e. The van der Waals surface area contributed by atoms with Crippen molar-refractivity contribution in [3.63, 3.8) is 0 Å². The molecule has 0 aliphatic heterocycles. The molecule has 1 unspecified atom stereocenters. The van der Waals surface area contributed by atoms with Crippen molar-refractivity contribution in [3.8, 4) is 0 Å². The van der Waals surface area contributed by atoms with Crippen LogP contribution in [-0.4, -0.2) is 27.7 Å². The molecule has 0 aromatic carbocycles. The molecule has 2 rings (SSSR count). The number of amides is 1. The standard InChI is InChI=1S/C15H21N3O4/c1-2-5-13-17-15(22-18-13)8-3-7-14(20)16-10-11(19)12-6-4-9-21-12/h4,6,9,11,19H,2-3,5,7-8,10H2,1H3,(H,16,20). The maximum Gasteiger partial charge on any atom is 0.226 e. The molecule has 120 valence electrons. The summed E-state index contributed by atoms with van der Waals surface area (Å²) in [6, 6.07) is 3.36. The molecule has 2 heterocycles. The van der Waals surface area contributed by atoms with E-state index in [1.165, 1.54) is 6.26 Å². The van der Waals surface area contributed by atoms with E-state index in [9.17, 15) is 9.90 Å². The van der Waals surface area contributed by atoms with Gasteiger partial charge in [0.15, 0.2) is 5.82 Å². The molecule has 0 radical (unpaired) electrons. The number of aryl methyl sites for hydroxylation is 2. The molecule has 0 aliphatic rings. The van der Waals surface area contributed by atoms with Crippen LogP contribution in [0.4, 0.5) is 0 Å². The van der Waals surface area contributed by atoms with Crippen LogP contribution in [0.25, 0.3) is 0 Å². The topological polar surface area (TPSA) is 101 Å². The van der Waals surface area contributed by atoms with Crippen molar-refractivity contribution in [2.75, 3.05) is 6.54 Å². The number of furan rings is 1.